The summed E-state index contributed by atoms with van der Waals surface area (Å²) in [5.74, 6) is 0. The van der Waals surface area contributed by atoms with Crippen molar-refractivity contribution in [3.8, 4) is 0 Å². The topological polar surface area (TPSA) is 138 Å². The predicted molar refractivity (Wildman–Crippen MR) is 71.8 cm³/mol. The maximum atomic E-state index is 10.5. The summed E-state index contributed by atoms with van der Waals surface area (Å²) in [4.78, 5) is 16.3. The smallest absolute Gasteiger partial charge is 0.325 e. The Hall–Kier alpha value is -0.470. The van der Waals surface area contributed by atoms with Gasteiger partial charge >= 0.3 is 7.60 Å². The number of halogens is 1. The van der Waals surface area contributed by atoms with E-state index in [9.17, 15) is 13.0 Å². The molecule has 0 radical (unpaired) electrons. The first-order valence-electron chi connectivity index (χ1n) is 5.04. The number of hydrogen-bond acceptors (Lipinski definition) is 4. The van der Waals surface area contributed by atoms with Crippen molar-refractivity contribution in [3.05, 3.63) is 29.3 Å². The van der Waals surface area contributed by atoms with Gasteiger partial charge in [-0.3, -0.25) is 9.12 Å². The first-order valence-corrected chi connectivity index (χ1v) is 8.65. The Labute approximate surface area is 116 Å². The van der Waals surface area contributed by atoms with Crippen molar-refractivity contribution in [1.82, 2.24) is 0 Å². The lowest BCUT2D eigenvalue weighted by Gasteiger charge is -1.98. The third-order valence-electron chi connectivity index (χ3n) is 1.77. The largest absolute Gasteiger partial charge is 0.330 e. The zero-order valence-electron chi connectivity index (χ0n) is 9.81. The quantitative estimate of drug-likeness (QED) is 0.478. The molecule has 10 heteroatoms. The molecule has 1 aromatic carbocycles. The molecule has 0 saturated heterocycles. The first kappa shape index (κ1) is 18.5. The van der Waals surface area contributed by atoms with E-state index < -0.39 is 17.7 Å². The van der Waals surface area contributed by atoms with Crippen molar-refractivity contribution in [3.63, 3.8) is 0 Å². The van der Waals surface area contributed by atoms with Crippen LogP contribution in [0.5, 0.6) is 0 Å². The highest BCUT2D eigenvalue weighted by atomic mass is 35.5. The van der Waals surface area contributed by atoms with Gasteiger partial charge in [0.1, 0.15) is 0 Å². The van der Waals surface area contributed by atoms with Crippen LogP contribution in [0.1, 0.15) is 6.42 Å². The molecule has 7 nitrogen and oxygen atoms in total. The molecule has 0 heterocycles. The van der Waals surface area contributed by atoms with Crippen molar-refractivity contribution < 1.29 is 27.3 Å². The lowest BCUT2D eigenvalue weighted by Crippen LogP contribution is -2.01. The maximum Gasteiger partial charge on any atom is 0.325 e. The van der Waals surface area contributed by atoms with Crippen LogP contribution in [-0.2, 0) is 14.7 Å². The molecule has 0 amide bonds. The van der Waals surface area contributed by atoms with Crippen molar-refractivity contribution in [2.24, 2.45) is 5.73 Å². The molecule has 0 aliphatic rings. The highest BCUT2D eigenvalue weighted by Crippen LogP contribution is 2.34. The van der Waals surface area contributed by atoms with Crippen LogP contribution >= 0.6 is 19.2 Å². The molecule has 19 heavy (non-hydrogen) atoms. The lowest BCUT2D eigenvalue weighted by atomic mass is 10.4. The molecule has 0 fully saturated rings. The Morgan fingerprint density at radius 2 is 1.68 bits per heavy atom. The zero-order chi connectivity index (χ0) is 15.1. The highest BCUT2D eigenvalue weighted by molar-refractivity contribution is 7.85. The molecular weight excluding hydrogens is 317 g/mol. The Balaban J connectivity index is 0.000000362. The van der Waals surface area contributed by atoms with Crippen LogP contribution in [0.3, 0.4) is 0 Å². The van der Waals surface area contributed by atoms with Crippen LogP contribution in [0.25, 0.3) is 0 Å². The van der Waals surface area contributed by atoms with Gasteiger partial charge in [0.15, 0.2) is 0 Å². The summed E-state index contributed by atoms with van der Waals surface area (Å²) >= 11 is 5.49. The second-order valence-electron chi connectivity index (χ2n) is 3.46. The third kappa shape index (κ3) is 10.0. The molecule has 0 aliphatic carbocycles. The average molecular weight is 332 g/mol. The molecule has 0 unspecified atom stereocenters. The Bertz CT molecular complexity index is 526. The van der Waals surface area contributed by atoms with Crippen LogP contribution in [-0.4, -0.2) is 35.5 Å². The maximum absolute atomic E-state index is 10.5. The normalized spacial score (nSPS) is 11.6. The SMILES string of the molecule is NCCCP(=O)(O)O.O=S(=O)(O)c1ccc(Cl)cc1. The summed E-state index contributed by atoms with van der Waals surface area (Å²) in [5.41, 5.74) is 4.99. The van der Waals surface area contributed by atoms with E-state index in [0.29, 0.717) is 18.0 Å². The Morgan fingerprint density at radius 1 is 1.21 bits per heavy atom. The van der Waals surface area contributed by atoms with Gasteiger partial charge in [0.25, 0.3) is 10.1 Å². The monoisotopic (exact) mass is 331 g/mol. The van der Waals surface area contributed by atoms with Gasteiger partial charge in [-0.05, 0) is 37.2 Å². The van der Waals surface area contributed by atoms with Gasteiger partial charge in [-0.2, -0.15) is 8.42 Å². The van der Waals surface area contributed by atoms with E-state index in [1.54, 1.807) is 0 Å². The van der Waals surface area contributed by atoms with Crippen LogP contribution in [0, 0.1) is 0 Å². The fourth-order valence-electron chi connectivity index (χ4n) is 0.904. The minimum absolute atomic E-state index is 0.0938. The standard InChI is InChI=1S/C6H5ClO3S.C3H10NO3P/c7-5-1-3-6(4-2-5)11(8,9)10;4-2-1-3-8(5,6)7/h1-4H,(H,8,9,10);1-4H2,(H2,5,6,7). The number of nitrogens with two attached hydrogens (primary N) is 1. The van der Waals surface area contributed by atoms with E-state index in [2.05, 4.69) is 0 Å². The van der Waals surface area contributed by atoms with E-state index in [0.717, 1.165) is 0 Å². The lowest BCUT2D eigenvalue weighted by molar-refractivity contribution is 0.372. The Kier molecular flexibility index (Phi) is 7.76. The van der Waals surface area contributed by atoms with Crippen molar-refractivity contribution >= 4 is 29.3 Å². The predicted octanol–water partition coefficient (Wildman–Crippen LogP) is 1.10. The number of hydrogen-bond donors (Lipinski definition) is 4. The zero-order valence-corrected chi connectivity index (χ0v) is 12.3. The van der Waals surface area contributed by atoms with Gasteiger partial charge in [0.05, 0.1) is 11.1 Å². The molecule has 0 bridgehead atoms. The minimum atomic E-state index is -4.08. The van der Waals surface area contributed by atoms with Crippen molar-refractivity contribution in [1.29, 1.82) is 0 Å². The van der Waals surface area contributed by atoms with Gasteiger partial charge in [-0.1, -0.05) is 11.6 Å². The third-order valence-corrected chi connectivity index (χ3v) is 3.78. The molecule has 110 valence electrons. The summed E-state index contributed by atoms with van der Waals surface area (Å²) in [5, 5.41) is 0.428. The molecule has 5 N–H and O–H groups in total. The van der Waals surface area contributed by atoms with E-state index in [4.69, 9.17) is 31.7 Å². The van der Waals surface area contributed by atoms with Crippen LogP contribution in [0.4, 0.5) is 0 Å². The van der Waals surface area contributed by atoms with Crippen LogP contribution < -0.4 is 5.73 Å². The fraction of sp³-hybridized carbons (Fsp3) is 0.333. The van der Waals surface area contributed by atoms with E-state index in [1.807, 2.05) is 0 Å². The summed E-state index contributed by atoms with van der Waals surface area (Å²) in [6.45, 7) is 0.338. The molecule has 0 atom stereocenters. The molecule has 0 saturated carbocycles. The molecule has 0 spiro atoms. The van der Waals surface area contributed by atoms with Gasteiger partial charge in [0, 0.05) is 5.02 Å². The van der Waals surface area contributed by atoms with E-state index in [1.165, 1.54) is 24.3 Å². The summed E-state index contributed by atoms with van der Waals surface area (Å²) < 4.78 is 39.5. The van der Waals surface area contributed by atoms with E-state index in [-0.39, 0.29) is 11.1 Å². The average Bonchev–Trinajstić information content (AvgIpc) is 2.25. The summed E-state index contributed by atoms with van der Waals surface area (Å²) in [7, 11) is -7.84. The second-order valence-corrected chi connectivity index (χ2v) is 7.09. The second kappa shape index (κ2) is 7.96. The Morgan fingerprint density at radius 3 is 1.95 bits per heavy atom. The van der Waals surface area contributed by atoms with Gasteiger partial charge in [-0.15, -0.1) is 0 Å². The molecule has 0 aliphatic heterocycles. The van der Waals surface area contributed by atoms with E-state index >= 15 is 0 Å². The summed E-state index contributed by atoms with van der Waals surface area (Å²) in [6.07, 6.45) is 0.299. The van der Waals surface area contributed by atoms with Crippen LogP contribution in [0.15, 0.2) is 29.2 Å². The fourth-order valence-corrected chi connectivity index (χ4v) is 2.10. The van der Waals surface area contributed by atoms with Crippen molar-refractivity contribution in [2.75, 3.05) is 12.7 Å². The van der Waals surface area contributed by atoms with Gasteiger partial charge in [0.2, 0.25) is 0 Å². The first-order chi connectivity index (χ1) is 8.56. The minimum Gasteiger partial charge on any atom is -0.330 e. The highest BCUT2D eigenvalue weighted by Gasteiger charge is 2.09. The molecule has 1 rings (SSSR count). The number of benzene rings is 1. The molecular formula is C9H15ClNO6PS. The van der Waals surface area contributed by atoms with Gasteiger partial charge in [-0.25, -0.2) is 0 Å². The molecule has 1 aromatic rings. The molecule has 0 aromatic heterocycles. The van der Waals surface area contributed by atoms with Crippen LogP contribution in [0.2, 0.25) is 5.02 Å². The van der Waals surface area contributed by atoms with Gasteiger partial charge < -0.3 is 15.5 Å². The number of rotatable bonds is 4. The summed E-state index contributed by atoms with van der Waals surface area (Å²) in [6, 6.07) is 5.25. The van der Waals surface area contributed by atoms with Crippen molar-refractivity contribution in [2.45, 2.75) is 11.3 Å².